The van der Waals surface area contributed by atoms with Crippen LogP contribution < -0.4 is 4.90 Å². The molecule has 0 amide bonds. The first-order valence-corrected chi connectivity index (χ1v) is 21.3. The second kappa shape index (κ2) is 14.8. The Hall–Kier alpha value is -8.20. The van der Waals surface area contributed by atoms with Gasteiger partial charge in [0.25, 0.3) is 0 Å². The van der Waals surface area contributed by atoms with E-state index in [4.69, 9.17) is 0 Å². The fourth-order valence-electron chi connectivity index (χ4n) is 9.71. The number of anilines is 3. The van der Waals surface area contributed by atoms with Gasteiger partial charge in [0.2, 0.25) is 0 Å². The zero-order valence-corrected chi connectivity index (χ0v) is 34.0. The van der Waals surface area contributed by atoms with Gasteiger partial charge >= 0.3 is 0 Å². The standard InChI is InChI=1S/C60H40N2/c1-2-16-42(17-3-1)52-37-36-48(62-58-30-12-10-27-55(58)56-28-11-13-31-59(56)62)40-60(52)61(47-22-14-21-44(38-47)50-29-15-20-41-18-4-6-23-49(41)50)46-34-32-43(33-35-46)57-39-45-19-5-7-24-51(45)53-25-8-9-26-54(53)57/h1-40H. The number of fused-ring (bicyclic) bond motifs is 7. The van der Waals surface area contributed by atoms with Crippen molar-refractivity contribution in [3.63, 3.8) is 0 Å². The van der Waals surface area contributed by atoms with Crippen LogP contribution in [-0.2, 0) is 0 Å². The zero-order valence-electron chi connectivity index (χ0n) is 34.0. The van der Waals surface area contributed by atoms with Crippen LogP contribution in [0.15, 0.2) is 243 Å². The summed E-state index contributed by atoms with van der Waals surface area (Å²) in [6, 6.07) is 88.6. The van der Waals surface area contributed by atoms with Gasteiger partial charge in [0.1, 0.15) is 0 Å². The van der Waals surface area contributed by atoms with Gasteiger partial charge in [-0.25, -0.2) is 0 Å². The molecule has 1 aromatic heterocycles. The largest absolute Gasteiger partial charge is 0.310 e. The number of para-hydroxylation sites is 2. The number of hydrogen-bond acceptors (Lipinski definition) is 1. The molecule has 0 aliphatic rings. The lowest BCUT2D eigenvalue weighted by Gasteiger charge is -2.29. The van der Waals surface area contributed by atoms with Crippen LogP contribution in [-0.4, -0.2) is 4.57 Å². The van der Waals surface area contributed by atoms with Crippen molar-refractivity contribution < 1.29 is 0 Å². The summed E-state index contributed by atoms with van der Waals surface area (Å²) in [5.74, 6) is 0. The molecule has 0 saturated heterocycles. The van der Waals surface area contributed by atoms with Crippen molar-refractivity contribution in [2.24, 2.45) is 0 Å². The number of hydrogen-bond donors (Lipinski definition) is 0. The monoisotopic (exact) mass is 788 g/mol. The van der Waals surface area contributed by atoms with E-state index in [-0.39, 0.29) is 0 Å². The quantitative estimate of drug-likeness (QED) is 0.146. The lowest BCUT2D eigenvalue weighted by molar-refractivity contribution is 1.17. The number of aromatic nitrogens is 1. The highest BCUT2D eigenvalue weighted by Crippen LogP contribution is 2.45. The first kappa shape index (κ1) is 35.7. The molecule has 1 heterocycles. The maximum absolute atomic E-state index is 2.45. The first-order chi connectivity index (χ1) is 30.8. The molecule has 0 aliphatic carbocycles. The van der Waals surface area contributed by atoms with Crippen molar-refractivity contribution in [3.8, 4) is 39.1 Å². The van der Waals surface area contributed by atoms with Crippen molar-refractivity contribution in [1.82, 2.24) is 4.57 Å². The molecule has 62 heavy (non-hydrogen) atoms. The summed E-state index contributed by atoms with van der Waals surface area (Å²) < 4.78 is 2.42. The van der Waals surface area contributed by atoms with Crippen molar-refractivity contribution >= 4 is 71.2 Å². The molecule has 12 aromatic rings. The second-order valence-electron chi connectivity index (χ2n) is 16.1. The minimum absolute atomic E-state index is 1.07. The van der Waals surface area contributed by atoms with E-state index >= 15 is 0 Å². The summed E-state index contributed by atoms with van der Waals surface area (Å²) >= 11 is 0. The molecule has 0 aliphatic heterocycles. The summed E-state index contributed by atoms with van der Waals surface area (Å²) in [5.41, 5.74) is 13.8. The van der Waals surface area contributed by atoms with E-state index in [1.165, 1.54) is 76.4 Å². The van der Waals surface area contributed by atoms with Gasteiger partial charge in [-0.15, -0.1) is 0 Å². The molecule has 0 N–H and O–H groups in total. The van der Waals surface area contributed by atoms with E-state index in [1.54, 1.807) is 0 Å². The molecule has 0 saturated carbocycles. The van der Waals surface area contributed by atoms with E-state index in [0.717, 1.165) is 33.9 Å². The lowest BCUT2D eigenvalue weighted by atomic mass is 9.93. The normalized spacial score (nSPS) is 11.5. The van der Waals surface area contributed by atoms with Gasteiger partial charge in [-0.3, -0.25) is 0 Å². The maximum atomic E-state index is 2.45. The van der Waals surface area contributed by atoms with Crippen molar-refractivity contribution in [2.45, 2.75) is 0 Å². The molecule has 0 spiro atoms. The Labute approximate surface area is 360 Å². The van der Waals surface area contributed by atoms with E-state index in [1.807, 2.05) is 0 Å². The fourth-order valence-corrected chi connectivity index (χ4v) is 9.71. The average molecular weight is 789 g/mol. The van der Waals surface area contributed by atoms with Crippen LogP contribution in [0.3, 0.4) is 0 Å². The van der Waals surface area contributed by atoms with Crippen LogP contribution in [0.1, 0.15) is 0 Å². The predicted molar refractivity (Wildman–Crippen MR) is 264 cm³/mol. The molecule has 0 atom stereocenters. The van der Waals surface area contributed by atoms with Crippen LogP contribution in [0.25, 0.3) is 93.2 Å². The molecule has 12 rings (SSSR count). The Morgan fingerprint density at radius 3 is 1.60 bits per heavy atom. The number of nitrogens with zero attached hydrogens (tertiary/aromatic N) is 2. The van der Waals surface area contributed by atoms with Crippen LogP contribution in [0.2, 0.25) is 0 Å². The minimum Gasteiger partial charge on any atom is -0.310 e. The molecule has 0 fully saturated rings. The maximum Gasteiger partial charge on any atom is 0.0560 e. The molecular formula is C60H40N2. The van der Waals surface area contributed by atoms with Crippen LogP contribution >= 0.6 is 0 Å². The van der Waals surface area contributed by atoms with Gasteiger partial charge in [-0.1, -0.05) is 188 Å². The van der Waals surface area contributed by atoms with Gasteiger partial charge in [0.05, 0.1) is 16.7 Å². The molecule has 11 aromatic carbocycles. The SMILES string of the molecule is c1ccc(-c2ccc(-n3c4ccccc4c4ccccc43)cc2N(c2ccc(-c3cc4ccccc4c4ccccc34)cc2)c2cccc(-c3cccc4ccccc34)c2)cc1. The Balaban J connectivity index is 1.10. The third-order valence-electron chi connectivity index (χ3n) is 12.6. The summed E-state index contributed by atoms with van der Waals surface area (Å²) in [7, 11) is 0. The Morgan fingerprint density at radius 1 is 0.274 bits per heavy atom. The molecule has 2 heteroatoms. The van der Waals surface area contributed by atoms with Gasteiger partial charge in [0, 0.05) is 33.4 Å². The van der Waals surface area contributed by atoms with E-state index in [2.05, 4.69) is 252 Å². The van der Waals surface area contributed by atoms with Gasteiger partial charge in [0.15, 0.2) is 0 Å². The van der Waals surface area contributed by atoms with E-state index < -0.39 is 0 Å². The van der Waals surface area contributed by atoms with Crippen LogP contribution in [0.5, 0.6) is 0 Å². The Bertz CT molecular complexity index is 3580. The van der Waals surface area contributed by atoms with Gasteiger partial charge in [-0.2, -0.15) is 0 Å². The van der Waals surface area contributed by atoms with E-state index in [9.17, 15) is 0 Å². The summed E-state index contributed by atoms with van der Waals surface area (Å²) in [5, 5.41) is 10.00. The molecule has 0 unspecified atom stereocenters. The smallest absolute Gasteiger partial charge is 0.0560 e. The summed E-state index contributed by atoms with van der Waals surface area (Å²) in [6.07, 6.45) is 0. The van der Waals surface area contributed by atoms with Gasteiger partial charge in [-0.05, 0) is 115 Å². The highest BCUT2D eigenvalue weighted by atomic mass is 15.1. The lowest BCUT2D eigenvalue weighted by Crippen LogP contribution is -2.12. The minimum atomic E-state index is 1.07. The molecule has 0 bridgehead atoms. The van der Waals surface area contributed by atoms with Crippen molar-refractivity contribution in [2.75, 3.05) is 4.90 Å². The topological polar surface area (TPSA) is 8.17 Å². The highest BCUT2D eigenvalue weighted by Gasteiger charge is 2.21. The first-order valence-electron chi connectivity index (χ1n) is 21.3. The summed E-state index contributed by atoms with van der Waals surface area (Å²) in [4.78, 5) is 2.45. The van der Waals surface area contributed by atoms with Crippen molar-refractivity contribution in [3.05, 3.63) is 243 Å². The molecule has 0 radical (unpaired) electrons. The molecule has 2 nitrogen and oxygen atoms in total. The van der Waals surface area contributed by atoms with Crippen LogP contribution in [0.4, 0.5) is 17.1 Å². The van der Waals surface area contributed by atoms with Crippen molar-refractivity contribution in [1.29, 1.82) is 0 Å². The number of rotatable bonds is 7. The predicted octanol–water partition coefficient (Wildman–Crippen LogP) is 16.7. The average Bonchev–Trinajstić information content (AvgIpc) is 3.69. The van der Waals surface area contributed by atoms with Gasteiger partial charge < -0.3 is 9.47 Å². The third kappa shape index (κ3) is 5.96. The Kier molecular flexibility index (Phi) is 8.53. The summed E-state index contributed by atoms with van der Waals surface area (Å²) in [6.45, 7) is 0. The fraction of sp³-hybridized carbons (Fsp3) is 0. The van der Waals surface area contributed by atoms with Crippen LogP contribution in [0, 0.1) is 0 Å². The zero-order chi connectivity index (χ0) is 41.0. The molecular weight excluding hydrogens is 749 g/mol. The third-order valence-corrected chi connectivity index (χ3v) is 12.6. The number of benzene rings is 11. The molecule has 290 valence electrons. The second-order valence-corrected chi connectivity index (χ2v) is 16.1. The Morgan fingerprint density at radius 2 is 0.839 bits per heavy atom. The van der Waals surface area contributed by atoms with E-state index in [0.29, 0.717) is 0 Å². The highest BCUT2D eigenvalue weighted by molar-refractivity contribution is 6.14.